The van der Waals surface area contributed by atoms with Crippen LogP contribution >= 0.6 is 0 Å². The second-order valence-corrected chi connectivity index (χ2v) is 5.32. The first kappa shape index (κ1) is 13.4. The molecule has 3 nitrogen and oxygen atoms in total. The number of hydrogen-bond acceptors (Lipinski definition) is 3. The van der Waals surface area contributed by atoms with Gasteiger partial charge in [-0.15, -0.1) is 0 Å². The van der Waals surface area contributed by atoms with Gasteiger partial charge in [0.1, 0.15) is 11.9 Å². The Hall–Kier alpha value is -1.06. The summed E-state index contributed by atoms with van der Waals surface area (Å²) in [6.45, 7) is 2.88. The SMILES string of the molecule is COCc1cccc(OC2CC(C)CCC2N)c1. The van der Waals surface area contributed by atoms with Gasteiger partial charge in [0.05, 0.1) is 6.61 Å². The fourth-order valence-electron chi connectivity index (χ4n) is 2.54. The number of hydrogen-bond donors (Lipinski definition) is 1. The lowest BCUT2D eigenvalue weighted by atomic mass is 9.85. The van der Waals surface area contributed by atoms with E-state index in [-0.39, 0.29) is 12.1 Å². The van der Waals surface area contributed by atoms with E-state index >= 15 is 0 Å². The van der Waals surface area contributed by atoms with Crippen LogP contribution in [0.15, 0.2) is 24.3 Å². The Bertz CT molecular complexity index is 381. The first-order chi connectivity index (χ1) is 8.69. The van der Waals surface area contributed by atoms with Crippen molar-refractivity contribution in [3.8, 4) is 5.75 Å². The standard InChI is InChI=1S/C15H23NO2/c1-11-6-7-14(16)15(8-11)18-13-5-3-4-12(9-13)10-17-2/h3-5,9,11,14-15H,6-8,10,16H2,1-2H3. The minimum atomic E-state index is 0.145. The molecule has 0 saturated heterocycles. The third-order valence-electron chi connectivity index (χ3n) is 3.60. The molecule has 2 rings (SSSR count). The molecule has 3 atom stereocenters. The van der Waals surface area contributed by atoms with Crippen molar-refractivity contribution in [2.24, 2.45) is 11.7 Å². The molecular weight excluding hydrogens is 226 g/mol. The zero-order valence-electron chi connectivity index (χ0n) is 11.3. The highest BCUT2D eigenvalue weighted by molar-refractivity contribution is 5.28. The Morgan fingerprint density at radius 2 is 2.17 bits per heavy atom. The predicted molar refractivity (Wildman–Crippen MR) is 72.6 cm³/mol. The number of benzene rings is 1. The Labute approximate surface area is 109 Å². The maximum atomic E-state index is 6.14. The fourth-order valence-corrected chi connectivity index (χ4v) is 2.54. The molecule has 0 radical (unpaired) electrons. The molecule has 18 heavy (non-hydrogen) atoms. The topological polar surface area (TPSA) is 44.5 Å². The van der Waals surface area contributed by atoms with E-state index in [9.17, 15) is 0 Å². The van der Waals surface area contributed by atoms with Crippen LogP contribution in [0.3, 0.4) is 0 Å². The van der Waals surface area contributed by atoms with Crippen LogP contribution in [0, 0.1) is 5.92 Å². The smallest absolute Gasteiger partial charge is 0.120 e. The Morgan fingerprint density at radius 1 is 1.33 bits per heavy atom. The highest BCUT2D eigenvalue weighted by Crippen LogP contribution is 2.27. The summed E-state index contributed by atoms with van der Waals surface area (Å²) in [6, 6.07) is 8.23. The third kappa shape index (κ3) is 3.47. The first-order valence-electron chi connectivity index (χ1n) is 6.69. The van der Waals surface area contributed by atoms with Gasteiger partial charge in [-0.3, -0.25) is 0 Å². The van der Waals surface area contributed by atoms with Crippen molar-refractivity contribution in [2.45, 2.75) is 44.9 Å². The Balaban J connectivity index is 2.01. The summed E-state index contributed by atoms with van der Waals surface area (Å²) in [6.07, 6.45) is 3.47. The average molecular weight is 249 g/mol. The highest BCUT2D eigenvalue weighted by atomic mass is 16.5. The number of methoxy groups -OCH3 is 1. The molecule has 1 aliphatic rings. The van der Waals surface area contributed by atoms with Crippen LogP contribution in [-0.2, 0) is 11.3 Å². The van der Waals surface area contributed by atoms with Gasteiger partial charge in [-0.05, 0) is 42.9 Å². The molecular formula is C15H23NO2. The molecule has 1 saturated carbocycles. The molecule has 1 aromatic rings. The summed E-state index contributed by atoms with van der Waals surface area (Å²) in [4.78, 5) is 0. The van der Waals surface area contributed by atoms with Crippen molar-refractivity contribution in [1.29, 1.82) is 0 Å². The second-order valence-electron chi connectivity index (χ2n) is 5.32. The summed E-state index contributed by atoms with van der Waals surface area (Å²) >= 11 is 0. The van der Waals surface area contributed by atoms with E-state index in [0.717, 1.165) is 24.2 Å². The van der Waals surface area contributed by atoms with E-state index in [0.29, 0.717) is 12.5 Å². The van der Waals surface area contributed by atoms with Crippen LogP contribution in [0.5, 0.6) is 5.75 Å². The molecule has 0 spiro atoms. The molecule has 0 bridgehead atoms. The zero-order chi connectivity index (χ0) is 13.0. The van der Waals surface area contributed by atoms with Gasteiger partial charge >= 0.3 is 0 Å². The molecule has 1 fully saturated rings. The summed E-state index contributed by atoms with van der Waals surface area (Å²) in [5.41, 5.74) is 7.27. The van der Waals surface area contributed by atoms with Crippen molar-refractivity contribution in [1.82, 2.24) is 0 Å². The molecule has 3 heteroatoms. The molecule has 1 aromatic carbocycles. The highest BCUT2D eigenvalue weighted by Gasteiger charge is 2.27. The monoisotopic (exact) mass is 249 g/mol. The quantitative estimate of drug-likeness (QED) is 0.892. The molecule has 0 amide bonds. The van der Waals surface area contributed by atoms with Crippen LogP contribution < -0.4 is 10.5 Å². The van der Waals surface area contributed by atoms with Crippen LogP contribution in [0.2, 0.25) is 0 Å². The van der Waals surface area contributed by atoms with Gasteiger partial charge in [0, 0.05) is 13.2 Å². The molecule has 1 aliphatic carbocycles. The third-order valence-corrected chi connectivity index (χ3v) is 3.60. The fraction of sp³-hybridized carbons (Fsp3) is 0.600. The largest absolute Gasteiger partial charge is 0.489 e. The normalized spacial score (nSPS) is 28.1. The van der Waals surface area contributed by atoms with E-state index in [1.54, 1.807) is 7.11 Å². The summed E-state index contributed by atoms with van der Waals surface area (Å²) in [7, 11) is 1.70. The van der Waals surface area contributed by atoms with Gasteiger partial charge in [-0.25, -0.2) is 0 Å². The lowest BCUT2D eigenvalue weighted by Gasteiger charge is -2.32. The van der Waals surface area contributed by atoms with E-state index < -0.39 is 0 Å². The van der Waals surface area contributed by atoms with Gasteiger partial charge in [0.15, 0.2) is 0 Å². The van der Waals surface area contributed by atoms with Crippen LogP contribution in [0.25, 0.3) is 0 Å². The molecule has 0 aromatic heterocycles. The van der Waals surface area contributed by atoms with Gasteiger partial charge in [-0.2, -0.15) is 0 Å². The molecule has 100 valence electrons. The van der Waals surface area contributed by atoms with Gasteiger partial charge in [-0.1, -0.05) is 19.1 Å². The summed E-state index contributed by atoms with van der Waals surface area (Å²) in [5.74, 6) is 1.61. The second kappa shape index (κ2) is 6.21. The Kier molecular flexibility index (Phi) is 4.61. The summed E-state index contributed by atoms with van der Waals surface area (Å²) < 4.78 is 11.2. The average Bonchev–Trinajstić information content (AvgIpc) is 2.35. The van der Waals surface area contributed by atoms with Crippen molar-refractivity contribution in [3.05, 3.63) is 29.8 Å². The van der Waals surface area contributed by atoms with Crippen molar-refractivity contribution in [2.75, 3.05) is 7.11 Å². The number of rotatable bonds is 4. The minimum Gasteiger partial charge on any atom is -0.489 e. The van der Waals surface area contributed by atoms with E-state index in [1.165, 1.54) is 6.42 Å². The molecule has 0 heterocycles. The maximum Gasteiger partial charge on any atom is 0.120 e. The molecule has 3 unspecified atom stereocenters. The van der Waals surface area contributed by atoms with Crippen LogP contribution in [0.4, 0.5) is 0 Å². The number of ether oxygens (including phenoxy) is 2. The van der Waals surface area contributed by atoms with Gasteiger partial charge in [0.2, 0.25) is 0 Å². The van der Waals surface area contributed by atoms with E-state index in [1.807, 2.05) is 24.3 Å². The van der Waals surface area contributed by atoms with Crippen molar-refractivity contribution >= 4 is 0 Å². The zero-order valence-corrected chi connectivity index (χ0v) is 11.3. The minimum absolute atomic E-state index is 0.145. The lowest BCUT2D eigenvalue weighted by molar-refractivity contribution is 0.107. The predicted octanol–water partition coefficient (Wildman–Crippen LogP) is 2.73. The van der Waals surface area contributed by atoms with E-state index in [2.05, 4.69) is 6.92 Å². The maximum absolute atomic E-state index is 6.14. The Morgan fingerprint density at radius 3 is 2.94 bits per heavy atom. The van der Waals surface area contributed by atoms with Gasteiger partial charge in [0.25, 0.3) is 0 Å². The molecule has 0 aliphatic heterocycles. The van der Waals surface area contributed by atoms with E-state index in [4.69, 9.17) is 15.2 Å². The van der Waals surface area contributed by atoms with Gasteiger partial charge < -0.3 is 15.2 Å². The van der Waals surface area contributed by atoms with Crippen molar-refractivity contribution < 1.29 is 9.47 Å². The lowest BCUT2D eigenvalue weighted by Crippen LogP contribution is -2.43. The summed E-state index contributed by atoms with van der Waals surface area (Å²) in [5, 5.41) is 0. The van der Waals surface area contributed by atoms with Crippen LogP contribution in [-0.4, -0.2) is 19.3 Å². The van der Waals surface area contributed by atoms with Crippen molar-refractivity contribution in [3.63, 3.8) is 0 Å². The number of nitrogens with two attached hydrogens (primary N) is 1. The van der Waals surface area contributed by atoms with Crippen LogP contribution in [0.1, 0.15) is 31.7 Å². The first-order valence-corrected chi connectivity index (χ1v) is 6.69. The molecule has 2 N–H and O–H groups in total.